The van der Waals surface area contributed by atoms with Crippen LogP contribution in [-0.2, 0) is 4.79 Å². The molecule has 1 aliphatic heterocycles. The highest BCUT2D eigenvalue weighted by Gasteiger charge is 2.32. The van der Waals surface area contributed by atoms with Gasteiger partial charge in [0.15, 0.2) is 0 Å². The molecule has 2 heterocycles. The number of non-ortho nitro benzene ring substituents is 1. The maximum Gasteiger partial charge on any atom is 0.326 e. The maximum absolute atomic E-state index is 11.3. The van der Waals surface area contributed by atoms with Crippen molar-refractivity contribution in [1.29, 1.82) is 0 Å². The van der Waals surface area contributed by atoms with Gasteiger partial charge in [0, 0.05) is 29.9 Å². The molecule has 3 rings (SSSR count). The van der Waals surface area contributed by atoms with Gasteiger partial charge in [0.1, 0.15) is 11.6 Å². The number of aliphatic carboxylic acids is 1. The number of hydrogen-bond donors (Lipinski definition) is 1. The van der Waals surface area contributed by atoms with Crippen LogP contribution in [0, 0.1) is 10.1 Å². The second kappa shape index (κ2) is 5.01. The van der Waals surface area contributed by atoms with Gasteiger partial charge in [-0.2, -0.15) is 0 Å². The topological polar surface area (TPSA) is 96.6 Å². The number of anilines is 1. The summed E-state index contributed by atoms with van der Waals surface area (Å²) in [6.07, 6.45) is 2.86. The first kappa shape index (κ1) is 13.3. The molecular formula is C14H13N3O4. The van der Waals surface area contributed by atoms with Gasteiger partial charge in [0.25, 0.3) is 5.69 Å². The molecule has 1 atom stereocenters. The van der Waals surface area contributed by atoms with Crippen molar-refractivity contribution in [3.05, 3.63) is 40.6 Å². The van der Waals surface area contributed by atoms with Crippen molar-refractivity contribution in [2.24, 2.45) is 0 Å². The van der Waals surface area contributed by atoms with Crippen LogP contribution in [0.3, 0.4) is 0 Å². The number of nitrogens with zero attached hydrogens (tertiary/aromatic N) is 3. The van der Waals surface area contributed by atoms with Gasteiger partial charge in [-0.25, -0.2) is 9.78 Å². The molecule has 1 aliphatic rings. The zero-order valence-electron chi connectivity index (χ0n) is 11.1. The molecule has 0 radical (unpaired) electrons. The number of carbonyl (C=O) groups is 1. The molecule has 7 heteroatoms. The highest BCUT2D eigenvalue weighted by Crippen LogP contribution is 2.35. The second-order valence-electron chi connectivity index (χ2n) is 4.95. The van der Waals surface area contributed by atoms with Crippen LogP contribution < -0.4 is 4.90 Å². The average molecular weight is 287 g/mol. The van der Waals surface area contributed by atoms with E-state index in [0.29, 0.717) is 24.0 Å². The number of carboxylic acids is 1. The number of benzene rings is 1. The van der Waals surface area contributed by atoms with Crippen LogP contribution in [0.5, 0.6) is 0 Å². The standard InChI is InChI=1S/C14H13N3O4/c18-14(19)12-4-2-8-16(12)10-5-6-11(17(20)21)13-9(10)3-1-7-15-13/h1,3,5-7,12H,2,4,8H2,(H,18,19). The molecule has 108 valence electrons. The molecule has 0 spiro atoms. The third kappa shape index (κ3) is 2.16. The van der Waals surface area contributed by atoms with Gasteiger partial charge < -0.3 is 10.0 Å². The summed E-state index contributed by atoms with van der Waals surface area (Å²) < 4.78 is 0. The monoisotopic (exact) mass is 287 g/mol. The van der Waals surface area contributed by atoms with E-state index in [-0.39, 0.29) is 11.2 Å². The number of hydrogen-bond acceptors (Lipinski definition) is 5. The first-order valence-electron chi connectivity index (χ1n) is 6.61. The Morgan fingerprint density at radius 1 is 1.43 bits per heavy atom. The predicted molar refractivity (Wildman–Crippen MR) is 76.4 cm³/mol. The highest BCUT2D eigenvalue weighted by molar-refractivity contribution is 5.98. The Morgan fingerprint density at radius 2 is 2.24 bits per heavy atom. The number of fused-ring (bicyclic) bond motifs is 1. The van der Waals surface area contributed by atoms with Gasteiger partial charge in [0.2, 0.25) is 0 Å². The molecule has 1 N–H and O–H groups in total. The van der Waals surface area contributed by atoms with Crippen molar-refractivity contribution >= 4 is 28.2 Å². The summed E-state index contributed by atoms with van der Waals surface area (Å²) in [4.78, 5) is 27.8. The normalized spacial score (nSPS) is 18.1. The van der Waals surface area contributed by atoms with Crippen LogP contribution in [0.1, 0.15) is 12.8 Å². The zero-order chi connectivity index (χ0) is 15.0. The Labute approximate surface area is 120 Å². The fraction of sp³-hybridized carbons (Fsp3) is 0.286. The number of pyridine rings is 1. The molecule has 1 fully saturated rings. The number of aromatic nitrogens is 1. The Morgan fingerprint density at radius 3 is 2.95 bits per heavy atom. The van der Waals surface area contributed by atoms with Crippen LogP contribution in [0.2, 0.25) is 0 Å². The van der Waals surface area contributed by atoms with Gasteiger partial charge >= 0.3 is 5.97 Å². The van der Waals surface area contributed by atoms with Gasteiger partial charge in [-0.3, -0.25) is 10.1 Å². The summed E-state index contributed by atoms with van der Waals surface area (Å²) in [5.74, 6) is -0.872. The van der Waals surface area contributed by atoms with E-state index in [1.807, 2.05) is 0 Å². The summed E-state index contributed by atoms with van der Waals surface area (Å²) in [6, 6.07) is 5.85. The van der Waals surface area contributed by atoms with E-state index >= 15 is 0 Å². The lowest BCUT2D eigenvalue weighted by molar-refractivity contribution is -0.383. The molecule has 7 nitrogen and oxygen atoms in total. The SMILES string of the molecule is O=C(O)C1CCCN1c1ccc([N+](=O)[O-])c2ncccc12. The van der Waals surface area contributed by atoms with Crippen molar-refractivity contribution in [2.45, 2.75) is 18.9 Å². The number of nitro groups is 1. The fourth-order valence-electron chi connectivity index (χ4n) is 2.85. The molecule has 0 saturated carbocycles. The molecule has 0 bridgehead atoms. The van der Waals surface area contributed by atoms with Crippen molar-refractivity contribution in [2.75, 3.05) is 11.4 Å². The molecule has 1 unspecified atom stereocenters. The van der Waals surface area contributed by atoms with Crippen molar-refractivity contribution < 1.29 is 14.8 Å². The molecule has 0 amide bonds. The van der Waals surface area contributed by atoms with E-state index in [4.69, 9.17) is 0 Å². The van der Waals surface area contributed by atoms with E-state index in [1.54, 1.807) is 23.1 Å². The fourth-order valence-corrected chi connectivity index (χ4v) is 2.85. The van der Waals surface area contributed by atoms with Gasteiger partial charge in [0.05, 0.1) is 4.92 Å². The van der Waals surface area contributed by atoms with Gasteiger partial charge in [-0.05, 0) is 31.0 Å². The van der Waals surface area contributed by atoms with Gasteiger partial charge in [-0.15, -0.1) is 0 Å². The summed E-state index contributed by atoms with van der Waals surface area (Å²) in [7, 11) is 0. The largest absolute Gasteiger partial charge is 0.480 e. The third-order valence-electron chi connectivity index (χ3n) is 3.77. The Balaban J connectivity index is 2.18. The third-order valence-corrected chi connectivity index (χ3v) is 3.77. The quantitative estimate of drug-likeness (QED) is 0.686. The van der Waals surface area contributed by atoms with Crippen molar-refractivity contribution in [3.8, 4) is 0 Å². The lowest BCUT2D eigenvalue weighted by Crippen LogP contribution is -2.36. The van der Waals surface area contributed by atoms with Crippen LogP contribution in [0.15, 0.2) is 30.5 Å². The Hall–Kier alpha value is -2.70. The zero-order valence-corrected chi connectivity index (χ0v) is 11.1. The molecule has 1 aromatic heterocycles. The van der Waals surface area contributed by atoms with Crippen molar-refractivity contribution in [3.63, 3.8) is 0 Å². The second-order valence-corrected chi connectivity index (χ2v) is 4.95. The molecule has 2 aromatic rings. The van der Waals surface area contributed by atoms with Gasteiger partial charge in [-0.1, -0.05) is 0 Å². The van der Waals surface area contributed by atoms with E-state index < -0.39 is 16.9 Å². The smallest absolute Gasteiger partial charge is 0.326 e. The lowest BCUT2D eigenvalue weighted by Gasteiger charge is -2.24. The number of nitro benzene ring substituents is 1. The maximum atomic E-state index is 11.3. The van der Waals surface area contributed by atoms with E-state index in [1.165, 1.54) is 12.3 Å². The minimum absolute atomic E-state index is 0.0691. The van der Waals surface area contributed by atoms with Crippen LogP contribution >= 0.6 is 0 Å². The van der Waals surface area contributed by atoms with E-state index in [9.17, 15) is 20.0 Å². The summed E-state index contributed by atoms with van der Waals surface area (Å²) in [5, 5.41) is 21.0. The highest BCUT2D eigenvalue weighted by atomic mass is 16.6. The van der Waals surface area contributed by atoms with E-state index in [2.05, 4.69) is 4.98 Å². The first-order valence-corrected chi connectivity index (χ1v) is 6.61. The predicted octanol–water partition coefficient (Wildman–Crippen LogP) is 2.20. The molecule has 1 aromatic carbocycles. The summed E-state index contributed by atoms with van der Waals surface area (Å²) >= 11 is 0. The summed E-state index contributed by atoms with van der Waals surface area (Å²) in [5.41, 5.74) is 0.907. The van der Waals surface area contributed by atoms with Crippen LogP contribution in [0.4, 0.5) is 11.4 Å². The minimum atomic E-state index is -0.872. The van der Waals surface area contributed by atoms with E-state index in [0.717, 1.165) is 6.42 Å². The van der Waals surface area contributed by atoms with Crippen molar-refractivity contribution in [1.82, 2.24) is 4.98 Å². The molecule has 21 heavy (non-hydrogen) atoms. The lowest BCUT2D eigenvalue weighted by atomic mass is 10.1. The average Bonchev–Trinajstić information content (AvgIpc) is 2.95. The Bertz CT molecular complexity index is 731. The number of rotatable bonds is 3. The van der Waals surface area contributed by atoms with Crippen LogP contribution in [0.25, 0.3) is 10.9 Å². The molecule has 0 aliphatic carbocycles. The molecular weight excluding hydrogens is 274 g/mol. The summed E-state index contributed by atoms with van der Waals surface area (Å²) in [6.45, 7) is 0.624. The Kier molecular flexibility index (Phi) is 3.17. The van der Waals surface area contributed by atoms with Crippen LogP contribution in [-0.4, -0.2) is 33.6 Å². The first-order chi connectivity index (χ1) is 10.1. The molecule has 1 saturated heterocycles. The number of carboxylic acid groups (broad SMARTS) is 1. The minimum Gasteiger partial charge on any atom is -0.480 e.